The third kappa shape index (κ3) is 3.61. The van der Waals surface area contributed by atoms with Crippen LogP contribution in [0.15, 0.2) is 46.9 Å². The highest BCUT2D eigenvalue weighted by Crippen LogP contribution is 2.21. The topological polar surface area (TPSA) is 73.6 Å². The third-order valence-corrected chi connectivity index (χ3v) is 6.21. The van der Waals surface area contributed by atoms with E-state index in [1.54, 1.807) is 11.6 Å². The van der Waals surface area contributed by atoms with Gasteiger partial charge in [-0.15, -0.1) is 11.3 Å². The van der Waals surface area contributed by atoms with E-state index >= 15 is 0 Å². The number of amides is 1. The minimum absolute atomic E-state index is 0.213. The molecule has 0 N–H and O–H groups in total. The summed E-state index contributed by atoms with van der Waals surface area (Å²) >= 11 is 2.93. The van der Waals surface area contributed by atoms with Crippen LogP contribution in [0.2, 0.25) is 0 Å². The summed E-state index contributed by atoms with van der Waals surface area (Å²) in [5.74, 6) is -0.614. The number of fused-ring (bicyclic) bond motifs is 2. The summed E-state index contributed by atoms with van der Waals surface area (Å²) in [6.07, 6.45) is 0.213. The maximum atomic E-state index is 12.8. The van der Waals surface area contributed by atoms with Crippen molar-refractivity contribution in [1.29, 1.82) is 0 Å². The quantitative estimate of drug-likeness (QED) is 0.477. The summed E-state index contributed by atoms with van der Waals surface area (Å²) in [6, 6.07) is 11.4. The molecule has 0 aliphatic carbocycles. The van der Waals surface area contributed by atoms with Crippen molar-refractivity contribution in [2.75, 3.05) is 7.11 Å². The molecule has 6 nitrogen and oxygen atoms in total. The minimum atomic E-state index is -0.314. The fraction of sp³-hybridized carbons (Fsp3) is 0.200. The minimum Gasteiger partial charge on any atom is -0.469 e. The maximum Gasteiger partial charge on any atom is 0.307 e. The van der Waals surface area contributed by atoms with Crippen LogP contribution in [0.4, 0.5) is 0 Å². The first-order valence-electron chi connectivity index (χ1n) is 8.64. The van der Waals surface area contributed by atoms with Gasteiger partial charge in [-0.2, -0.15) is 4.99 Å². The molecular formula is C20H17N3O3S2. The van der Waals surface area contributed by atoms with E-state index in [1.165, 1.54) is 29.8 Å². The fourth-order valence-corrected chi connectivity index (χ4v) is 4.80. The normalized spacial score (nSPS) is 12.0. The molecule has 0 radical (unpaired) electrons. The van der Waals surface area contributed by atoms with Crippen LogP contribution in [0, 0.1) is 6.92 Å². The lowest BCUT2D eigenvalue weighted by atomic mass is 10.2. The van der Waals surface area contributed by atoms with Crippen LogP contribution in [-0.4, -0.2) is 28.5 Å². The van der Waals surface area contributed by atoms with Crippen molar-refractivity contribution in [3.8, 4) is 0 Å². The lowest BCUT2D eigenvalue weighted by Gasteiger charge is -2.04. The lowest BCUT2D eigenvalue weighted by Crippen LogP contribution is -2.19. The molecule has 0 atom stereocenters. The zero-order valence-electron chi connectivity index (χ0n) is 15.3. The molecule has 0 bridgehead atoms. The van der Waals surface area contributed by atoms with Gasteiger partial charge in [0.2, 0.25) is 0 Å². The molecule has 1 amide bonds. The Morgan fingerprint density at radius 2 is 2.04 bits per heavy atom. The number of ether oxygens (including phenoxy) is 1. The Kier molecular flexibility index (Phi) is 5.06. The van der Waals surface area contributed by atoms with Gasteiger partial charge in [-0.25, -0.2) is 4.98 Å². The zero-order valence-corrected chi connectivity index (χ0v) is 17.0. The van der Waals surface area contributed by atoms with Crippen molar-refractivity contribution in [1.82, 2.24) is 9.55 Å². The second-order valence-electron chi connectivity index (χ2n) is 6.29. The predicted octanol–water partition coefficient (Wildman–Crippen LogP) is 3.93. The molecule has 8 heteroatoms. The first kappa shape index (κ1) is 18.5. The van der Waals surface area contributed by atoms with Crippen molar-refractivity contribution in [3.05, 3.63) is 57.8 Å². The highest BCUT2D eigenvalue weighted by molar-refractivity contribution is 7.17. The Morgan fingerprint density at radius 1 is 1.18 bits per heavy atom. The largest absolute Gasteiger partial charge is 0.469 e. The number of nitrogens with zero attached hydrogens (tertiary/aromatic N) is 3. The second-order valence-corrected chi connectivity index (χ2v) is 8.18. The number of esters is 1. The number of hydrogen-bond acceptors (Lipinski definition) is 6. The van der Waals surface area contributed by atoms with E-state index in [2.05, 4.69) is 16.0 Å². The molecule has 28 heavy (non-hydrogen) atoms. The van der Waals surface area contributed by atoms with Gasteiger partial charge in [0, 0.05) is 12.1 Å². The van der Waals surface area contributed by atoms with E-state index in [-0.39, 0.29) is 18.3 Å². The number of methoxy groups -OCH3 is 1. The first-order chi connectivity index (χ1) is 13.5. The van der Waals surface area contributed by atoms with Gasteiger partial charge in [0.25, 0.3) is 5.91 Å². The van der Waals surface area contributed by atoms with Gasteiger partial charge in [0.1, 0.15) is 0 Å². The van der Waals surface area contributed by atoms with Crippen molar-refractivity contribution >= 4 is 55.0 Å². The first-order valence-corrected chi connectivity index (χ1v) is 10.3. The fourth-order valence-electron chi connectivity index (χ4n) is 2.93. The summed E-state index contributed by atoms with van der Waals surface area (Å²) in [4.78, 5) is 33.6. The highest BCUT2D eigenvalue weighted by Gasteiger charge is 2.12. The van der Waals surface area contributed by atoms with Crippen molar-refractivity contribution in [2.24, 2.45) is 4.99 Å². The van der Waals surface area contributed by atoms with Crippen molar-refractivity contribution < 1.29 is 14.3 Å². The van der Waals surface area contributed by atoms with Crippen LogP contribution < -0.4 is 4.80 Å². The van der Waals surface area contributed by atoms with Crippen molar-refractivity contribution in [2.45, 2.75) is 19.9 Å². The number of thiazole rings is 2. The second kappa shape index (κ2) is 7.65. The number of hydrogen-bond donors (Lipinski definition) is 0. The predicted molar refractivity (Wildman–Crippen MR) is 111 cm³/mol. The van der Waals surface area contributed by atoms with Crippen LogP contribution in [0.1, 0.15) is 22.3 Å². The molecule has 4 aromatic rings. The van der Waals surface area contributed by atoms with Crippen LogP contribution in [-0.2, 0) is 16.1 Å². The number of carbonyl (C=O) groups is 2. The van der Waals surface area contributed by atoms with E-state index in [0.29, 0.717) is 16.9 Å². The highest BCUT2D eigenvalue weighted by atomic mass is 32.1. The van der Waals surface area contributed by atoms with Crippen LogP contribution in [0.3, 0.4) is 0 Å². The number of aryl methyl sites for hydroxylation is 2. The molecule has 0 saturated heterocycles. The average Bonchev–Trinajstić information content (AvgIpc) is 3.29. The Labute approximate surface area is 168 Å². The summed E-state index contributed by atoms with van der Waals surface area (Å²) in [6.45, 7) is 2.42. The molecule has 0 fully saturated rings. The molecule has 0 unspecified atom stereocenters. The van der Waals surface area contributed by atoms with E-state index in [1.807, 2.05) is 35.8 Å². The molecule has 4 rings (SSSR count). The van der Waals surface area contributed by atoms with Gasteiger partial charge in [0.15, 0.2) is 4.80 Å². The number of aromatic nitrogens is 2. The van der Waals surface area contributed by atoms with Gasteiger partial charge < -0.3 is 9.30 Å². The van der Waals surface area contributed by atoms with Crippen LogP contribution in [0.5, 0.6) is 0 Å². The van der Waals surface area contributed by atoms with Gasteiger partial charge in [-0.3, -0.25) is 9.59 Å². The molecular weight excluding hydrogens is 394 g/mol. The number of rotatable bonds is 4. The average molecular weight is 412 g/mol. The Balaban J connectivity index is 1.78. The van der Waals surface area contributed by atoms with E-state index in [0.717, 1.165) is 26.0 Å². The molecule has 0 aliphatic rings. The molecule has 142 valence electrons. The lowest BCUT2D eigenvalue weighted by molar-refractivity contribution is -0.140. The molecule has 2 aromatic heterocycles. The van der Waals surface area contributed by atoms with Crippen molar-refractivity contribution in [3.63, 3.8) is 0 Å². The van der Waals surface area contributed by atoms with E-state index < -0.39 is 0 Å². The Morgan fingerprint density at radius 3 is 2.86 bits per heavy atom. The molecule has 0 saturated carbocycles. The van der Waals surface area contributed by atoms with Crippen LogP contribution in [0.25, 0.3) is 20.4 Å². The van der Waals surface area contributed by atoms with Gasteiger partial charge in [0.05, 0.1) is 39.5 Å². The summed E-state index contributed by atoms with van der Waals surface area (Å²) in [7, 11) is 1.37. The third-order valence-electron chi connectivity index (χ3n) is 4.38. The summed E-state index contributed by atoms with van der Waals surface area (Å²) < 4.78 is 8.63. The van der Waals surface area contributed by atoms with Gasteiger partial charge in [-0.05, 0) is 42.8 Å². The number of carbonyl (C=O) groups excluding carboxylic acids is 2. The van der Waals surface area contributed by atoms with Crippen LogP contribution >= 0.6 is 22.7 Å². The van der Waals surface area contributed by atoms with E-state index in [9.17, 15) is 9.59 Å². The molecule has 2 aromatic carbocycles. The SMILES string of the molecule is COC(=O)CCn1c(=NC(=O)c2ccc3ncsc3c2)sc2cc(C)ccc21. The van der Waals surface area contributed by atoms with Gasteiger partial charge >= 0.3 is 5.97 Å². The maximum absolute atomic E-state index is 12.8. The number of benzene rings is 2. The van der Waals surface area contributed by atoms with Gasteiger partial charge in [-0.1, -0.05) is 17.4 Å². The zero-order chi connectivity index (χ0) is 19.7. The Hall–Kier alpha value is -2.84. The summed E-state index contributed by atoms with van der Waals surface area (Å²) in [5.41, 5.74) is 5.22. The molecule has 0 spiro atoms. The van der Waals surface area contributed by atoms with E-state index in [4.69, 9.17) is 4.74 Å². The standard InChI is InChI=1S/C20H17N3O3S2/c1-12-3-6-15-17(9-12)28-20(23(15)8-7-18(24)26-2)22-19(25)13-4-5-14-16(10-13)27-11-21-14/h3-6,9-11H,7-8H2,1-2H3. The molecule has 0 aliphatic heterocycles. The molecule has 2 heterocycles. The smallest absolute Gasteiger partial charge is 0.307 e. The Bertz CT molecular complexity index is 1270. The summed E-state index contributed by atoms with van der Waals surface area (Å²) in [5, 5.41) is 0. The monoisotopic (exact) mass is 411 g/mol.